The number of aromatic amines is 1. The summed E-state index contributed by atoms with van der Waals surface area (Å²) in [6.07, 6.45) is 7.45. The van der Waals surface area contributed by atoms with E-state index in [4.69, 9.17) is 9.47 Å². The highest BCUT2D eigenvalue weighted by Crippen LogP contribution is 2.32. The molecule has 0 amide bonds. The minimum absolute atomic E-state index is 0.106. The van der Waals surface area contributed by atoms with Gasteiger partial charge in [-0.25, -0.2) is 9.50 Å². The van der Waals surface area contributed by atoms with E-state index in [-0.39, 0.29) is 5.56 Å². The first-order valence-electron chi connectivity index (χ1n) is 8.68. The fraction of sp³-hybridized carbons (Fsp3) is 0.300. The normalized spacial score (nSPS) is 16.3. The Morgan fingerprint density at radius 3 is 2.85 bits per heavy atom. The predicted octanol–water partition coefficient (Wildman–Crippen LogP) is 3.22. The number of allylic oxidation sites excluding steroid dienone is 2. The van der Waals surface area contributed by atoms with Gasteiger partial charge in [0.25, 0.3) is 5.56 Å². The van der Waals surface area contributed by atoms with E-state index in [1.807, 2.05) is 24.3 Å². The summed E-state index contributed by atoms with van der Waals surface area (Å²) >= 11 is 0. The third-order valence-electron chi connectivity index (χ3n) is 4.79. The number of aromatic nitrogens is 3. The van der Waals surface area contributed by atoms with Crippen LogP contribution in [-0.4, -0.2) is 28.8 Å². The molecule has 4 rings (SSSR count). The molecule has 0 saturated heterocycles. The molecule has 3 aromatic rings. The van der Waals surface area contributed by atoms with Crippen LogP contribution in [0.15, 0.2) is 47.3 Å². The van der Waals surface area contributed by atoms with E-state index < -0.39 is 0 Å². The maximum atomic E-state index is 12.5. The molecule has 2 aromatic heterocycles. The van der Waals surface area contributed by atoms with Crippen LogP contribution >= 0.6 is 0 Å². The second-order valence-electron chi connectivity index (χ2n) is 6.49. The highest BCUT2D eigenvalue weighted by molar-refractivity contribution is 5.71. The SMILES string of the molecule is COc1ccc(-c2cc3nc(CC4C=CCC4)cc(=O)n3[nH]2)c(OC)c1. The van der Waals surface area contributed by atoms with Crippen molar-refractivity contribution in [2.45, 2.75) is 19.3 Å². The molecule has 1 atom stereocenters. The summed E-state index contributed by atoms with van der Waals surface area (Å²) in [6.45, 7) is 0. The number of methoxy groups -OCH3 is 2. The number of fused-ring (bicyclic) bond motifs is 1. The molecule has 1 N–H and O–H groups in total. The van der Waals surface area contributed by atoms with Crippen molar-refractivity contribution in [3.8, 4) is 22.8 Å². The number of H-pyrrole nitrogens is 1. The van der Waals surface area contributed by atoms with Gasteiger partial charge in [0.05, 0.1) is 19.9 Å². The van der Waals surface area contributed by atoms with Gasteiger partial charge in [0, 0.05) is 29.5 Å². The average Bonchev–Trinajstić information content (AvgIpc) is 3.31. The first-order valence-corrected chi connectivity index (χ1v) is 8.68. The smallest absolute Gasteiger partial charge is 0.272 e. The van der Waals surface area contributed by atoms with E-state index in [1.54, 1.807) is 20.3 Å². The van der Waals surface area contributed by atoms with E-state index in [9.17, 15) is 4.79 Å². The molecular formula is C20H21N3O3. The molecule has 0 saturated carbocycles. The molecular weight excluding hydrogens is 330 g/mol. The second kappa shape index (κ2) is 6.71. The molecule has 1 aliphatic rings. The lowest BCUT2D eigenvalue weighted by atomic mass is 10.0. The van der Waals surface area contributed by atoms with Crippen LogP contribution in [0.5, 0.6) is 11.5 Å². The summed E-state index contributed by atoms with van der Waals surface area (Å²) in [6, 6.07) is 9.06. The van der Waals surface area contributed by atoms with E-state index in [1.165, 1.54) is 4.52 Å². The highest BCUT2D eigenvalue weighted by Gasteiger charge is 2.15. The van der Waals surface area contributed by atoms with Gasteiger partial charge < -0.3 is 9.47 Å². The summed E-state index contributed by atoms with van der Waals surface area (Å²) in [5.74, 6) is 1.86. The lowest BCUT2D eigenvalue weighted by Crippen LogP contribution is -2.16. The van der Waals surface area contributed by atoms with Gasteiger partial charge in [-0.15, -0.1) is 0 Å². The Morgan fingerprint density at radius 1 is 1.23 bits per heavy atom. The summed E-state index contributed by atoms with van der Waals surface area (Å²) in [5, 5.41) is 3.12. The molecule has 26 heavy (non-hydrogen) atoms. The molecule has 0 aliphatic heterocycles. The fourth-order valence-electron chi connectivity index (χ4n) is 3.44. The molecule has 1 aliphatic carbocycles. The minimum atomic E-state index is -0.106. The molecule has 6 nitrogen and oxygen atoms in total. The van der Waals surface area contributed by atoms with Crippen molar-refractivity contribution >= 4 is 5.65 Å². The summed E-state index contributed by atoms with van der Waals surface area (Å²) in [4.78, 5) is 17.2. The van der Waals surface area contributed by atoms with Gasteiger partial charge in [-0.05, 0) is 37.3 Å². The van der Waals surface area contributed by atoms with Crippen LogP contribution in [0.3, 0.4) is 0 Å². The summed E-state index contributed by atoms with van der Waals surface area (Å²) < 4.78 is 12.2. The van der Waals surface area contributed by atoms with Crippen molar-refractivity contribution < 1.29 is 9.47 Å². The zero-order valence-corrected chi connectivity index (χ0v) is 14.9. The van der Waals surface area contributed by atoms with Gasteiger partial charge in [-0.2, -0.15) is 0 Å². The molecule has 0 fully saturated rings. The first kappa shape index (κ1) is 16.4. The Morgan fingerprint density at radius 2 is 2.12 bits per heavy atom. The molecule has 0 spiro atoms. The topological polar surface area (TPSA) is 68.6 Å². The maximum absolute atomic E-state index is 12.5. The summed E-state index contributed by atoms with van der Waals surface area (Å²) in [7, 11) is 3.22. The lowest BCUT2D eigenvalue weighted by molar-refractivity contribution is 0.395. The number of hydrogen-bond donors (Lipinski definition) is 1. The Balaban J connectivity index is 1.74. The van der Waals surface area contributed by atoms with Crippen molar-refractivity contribution in [1.82, 2.24) is 14.6 Å². The maximum Gasteiger partial charge on any atom is 0.272 e. The van der Waals surface area contributed by atoms with Crippen LogP contribution < -0.4 is 15.0 Å². The van der Waals surface area contributed by atoms with Crippen molar-refractivity contribution in [3.05, 3.63) is 58.5 Å². The van der Waals surface area contributed by atoms with Crippen molar-refractivity contribution in [2.75, 3.05) is 14.2 Å². The zero-order chi connectivity index (χ0) is 18.1. The molecule has 0 bridgehead atoms. The number of rotatable bonds is 5. The Labute approximate surface area is 151 Å². The van der Waals surface area contributed by atoms with Crippen LogP contribution in [0, 0.1) is 5.92 Å². The molecule has 1 aromatic carbocycles. The van der Waals surface area contributed by atoms with Crippen LogP contribution in [0.2, 0.25) is 0 Å². The number of ether oxygens (including phenoxy) is 2. The van der Waals surface area contributed by atoms with Crippen LogP contribution in [0.25, 0.3) is 16.9 Å². The van der Waals surface area contributed by atoms with Gasteiger partial charge >= 0.3 is 0 Å². The van der Waals surface area contributed by atoms with E-state index in [0.717, 1.165) is 36.2 Å². The lowest BCUT2D eigenvalue weighted by Gasteiger charge is -2.08. The largest absolute Gasteiger partial charge is 0.497 e. The second-order valence-corrected chi connectivity index (χ2v) is 6.49. The van der Waals surface area contributed by atoms with Crippen LogP contribution in [-0.2, 0) is 6.42 Å². The quantitative estimate of drug-likeness (QED) is 0.717. The first-order chi connectivity index (χ1) is 12.7. The van der Waals surface area contributed by atoms with Gasteiger partial charge in [0.2, 0.25) is 0 Å². The van der Waals surface area contributed by atoms with Crippen molar-refractivity contribution in [1.29, 1.82) is 0 Å². The number of nitrogens with one attached hydrogen (secondary N) is 1. The molecule has 1 unspecified atom stereocenters. The number of hydrogen-bond acceptors (Lipinski definition) is 4. The van der Waals surface area contributed by atoms with Gasteiger partial charge in [-0.3, -0.25) is 9.89 Å². The van der Waals surface area contributed by atoms with Crippen molar-refractivity contribution in [2.24, 2.45) is 5.92 Å². The van der Waals surface area contributed by atoms with E-state index >= 15 is 0 Å². The van der Waals surface area contributed by atoms with E-state index in [0.29, 0.717) is 23.1 Å². The van der Waals surface area contributed by atoms with E-state index in [2.05, 4.69) is 22.2 Å². The Bertz CT molecular complexity index is 1030. The van der Waals surface area contributed by atoms with Crippen molar-refractivity contribution in [3.63, 3.8) is 0 Å². The molecule has 134 valence electrons. The minimum Gasteiger partial charge on any atom is -0.497 e. The molecule has 2 heterocycles. The average molecular weight is 351 g/mol. The molecule has 0 radical (unpaired) electrons. The summed E-state index contributed by atoms with van der Waals surface area (Å²) in [5.41, 5.74) is 2.96. The Hall–Kier alpha value is -3.02. The predicted molar refractivity (Wildman–Crippen MR) is 99.9 cm³/mol. The van der Waals surface area contributed by atoms with Crippen LogP contribution in [0.1, 0.15) is 18.5 Å². The fourth-order valence-corrected chi connectivity index (χ4v) is 3.44. The Kier molecular flexibility index (Phi) is 4.24. The monoisotopic (exact) mass is 351 g/mol. The third-order valence-corrected chi connectivity index (χ3v) is 4.79. The van der Waals surface area contributed by atoms with Gasteiger partial charge in [0.1, 0.15) is 11.5 Å². The number of benzene rings is 1. The highest BCUT2D eigenvalue weighted by atomic mass is 16.5. The van der Waals surface area contributed by atoms with Crippen LogP contribution in [0.4, 0.5) is 0 Å². The zero-order valence-electron chi connectivity index (χ0n) is 14.9. The van der Waals surface area contributed by atoms with Gasteiger partial charge in [0.15, 0.2) is 5.65 Å². The third kappa shape index (κ3) is 2.98. The van der Waals surface area contributed by atoms with Gasteiger partial charge in [-0.1, -0.05) is 12.2 Å². The standard InChI is InChI=1S/C20H21N3O3/c1-25-15-7-8-16(18(11-15)26-2)17-12-19-21-14(9-13-5-3-4-6-13)10-20(24)23(19)22-17/h3,5,7-8,10-13,22H,4,6,9H2,1-2H3. The molecule has 6 heteroatoms. The number of nitrogens with zero attached hydrogens (tertiary/aromatic N) is 2.